The summed E-state index contributed by atoms with van der Waals surface area (Å²) < 4.78 is 5.33. The molecule has 0 aliphatic rings. The van der Waals surface area contributed by atoms with Gasteiger partial charge in [-0.2, -0.15) is 0 Å². The van der Waals surface area contributed by atoms with Crippen LogP contribution in [0.5, 0.6) is 0 Å². The van der Waals surface area contributed by atoms with E-state index in [4.69, 9.17) is 27.6 Å². The van der Waals surface area contributed by atoms with E-state index in [9.17, 15) is 14.9 Å². The number of hydrogen-bond acceptors (Lipinski definition) is 7. The van der Waals surface area contributed by atoms with E-state index < -0.39 is 10.8 Å². The number of nitrogens with one attached hydrogen (secondary N) is 1. The summed E-state index contributed by atoms with van der Waals surface area (Å²) in [6.07, 6.45) is 0. The molecule has 0 saturated carbocycles. The molecule has 0 radical (unpaired) electrons. The molecule has 0 aliphatic carbocycles. The summed E-state index contributed by atoms with van der Waals surface area (Å²) in [6.45, 7) is 0. The number of nitro groups is 1. The minimum Gasteiger partial charge on any atom is -0.403 e. The predicted molar refractivity (Wildman–Crippen MR) is 88.7 cm³/mol. The maximum atomic E-state index is 12.0. The van der Waals surface area contributed by atoms with Crippen LogP contribution in [0.25, 0.3) is 11.5 Å². The number of rotatable bonds is 4. The van der Waals surface area contributed by atoms with E-state index >= 15 is 0 Å². The van der Waals surface area contributed by atoms with Gasteiger partial charge in [-0.3, -0.25) is 20.2 Å². The van der Waals surface area contributed by atoms with Crippen molar-refractivity contribution in [3.8, 4) is 11.5 Å². The SMILES string of the molecule is O=C(Nc1nnc(-c2cc(Cl)cc(Cl)c2)o1)c1ccc([N+](=O)[O-])s1. The van der Waals surface area contributed by atoms with Crippen LogP contribution < -0.4 is 5.32 Å². The van der Waals surface area contributed by atoms with Crippen LogP contribution in [0.1, 0.15) is 9.67 Å². The second-order valence-electron chi connectivity index (χ2n) is 4.42. The first kappa shape index (κ1) is 16.4. The highest BCUT2D eigenvalue weighted by Gasteiger charge is 2.18. The summed E-state index contributed by atoms with van der Waals surface area (Å²) in [4.78, 5) is 22.2. The van der Waals surface area contributed by atoms with Crippen LogP contribution in [0.4, 0.5) is 11.0 Å². The van der Waals surface area contributed by atoms with Crippen LogP contribution in [0.2, 0.25) is 10.0 Å². The van der Waals surface area contributed by atoms with Gasteiger partial charge in [0.05, 0.1) is 9.80 Å². The molecule has 2 aromatic heterocycles. The van der Waals surface area contributed by atoms with Crippen LogP contribution in [-0.4, -0.2) is 21.0 Å². The fourth-order valence-corrected chi connectivity index (χ4v) is 3.02. The zero-order valence-corrected chi connectivity index (χ0v) is 13.9. The Morgan fingerprint density at radius 2 is 1.92 bits per heavy atom. The van der Waals surface area contributed by atoms with Gasteiger partial charge >= 0.3 is 11.0 Å². The van der Waals surface area contributed by atoms with Crippen molar-refractivity contribution >= 4 is 51.5 Å². The van der Waals surface area contributed by atoms with Gasteiger partial charge in [-0.05, 0) is 24.3 Å². The number of nitrogens with zero attached hydrogens (tertiary/aromatic N) is 3. The van der Waals surface area contributed by atoms with Crippen molar-refractivity contribution in [2.45, 2.75) is 0 Å². The molecule has 1 N–H and O–H groups in total. The third kappa shape index (κ3) is 3.53. The molecule has 11 heteroatoms. The highest BCUT2D eigenvalue weighted by Crippen LogP contribution is 2.28. The van der Waals surface area contributed by atoms with Crippen molar-refractivity contribution < 1.29 is 14.1 Å². The van der Waals surface area contributed by atoms with E-state index in [0.717, 1.165) is 11.3 Å². The molecule has 0 aliphatic heterocycles. The van der Waals surface area contributed by atoms with Crippen molar-refractivity contribution in [1.82, 2.24) is 10.2 Å². The van der Waals surface area contributed by atoms with Crippen molar-refractivity contribution in [2.75, 3.05) is 5.32 Å². The lowest BCUT2D eigenvalue weighted by molar-refractivity contribution is -0.380. The Labute approximate surface area is 148 Å². The molecule has 3 rings (SSSR count). The van der Waals surface area contributed by atoms with Gasteiger partial charge in [0.25, 0.3) is 5.91 Å². The molecule has 1 amide bonds. The molecule has 2 heterocycles. The number of benzene rings is 1. The summed E-state index contributed by atoms with van der Waals surface area (Å²) in [5.41, 5.74) is 0.493. The second kappa shape index (κ2) is 6.56. The van der Waals surface area contributed by atoms with Crippen molar-refractivity contribution in [3.63, 3.8) is 0 Å². The smallest absolute Gasteiger partial charge is 0.324 e. The van der Waals surface area contributed by atoms with Crippen LogP contribution in [0, 0.1) is 10.1 Å². The first-order chi connectivity index (χ1) is 11.4. The minimum atomic E-state index is -0.590. The van der Waals surface area contributed by atoms with E-state index in [0.29, 0.717) is 15.6 Å². The topological polar surface area (TPSA) is 111 Å². The molecule has 0 fully saturated rings. The zero-order valence-electron chi connectivity index (χ0n) is 11.5. The number of carbonyl (C=O) groups excluding carboxylic acids is 1. The van der Waals surface area contributed by atoms with Crippen LogP contribution in [0.15, 0.2) is 34.7 Å². The monoisotopic (exact) mass is 384 g/mol. The Morgan fingerprint density at radius 1 is 1.21 bits per heavy atom. The Bertz CT molecular complexity index is 919. The number of halogens is 2. The lowest BCUT2D eigenvalue weighted by atomic mass is 10.2. The summed E-state index contributed by atoms with van der Waals surface area (Å²) in [5, 5.41) is 21.1. The van der Waals surface area contributed by atoms with Crippen molar-refractivity contribution in [3.05, 3.63) is 55.4 Å². The Hall–Kier alpha value is -2.49. The third-order valence-electron chi connectivity index (χ3n) is 2.75. The maximum absolute atomic E-state index is 12.0. The normalized spacial score (nSPS) is 10.6. The second-order valence-corrected chi connectivity index (χ2v) is 6.35. The Kier molecular flexibility index (Phi) is 4.47. The molecule has 122 valence electrons. The molecule has 8 nitrogen and oxygen atoms in total. The van der Waals surface area contributed by atoms with E-state index in [2.05, 4.69) is 15.5 Å². The van der Waals surface area contributed by atoms with Gasteiger partial charge in [0, 0.05) is 21.7 Å². The molecule has 3 aromatic rings. The molecule has 0 spiro atoms. The van der Waals surface area contributed by atoms with Crippen LogP contribution in [-0.2, 0) is 0 Å². The summed E-state index contributed by atoms with van der Waals surface area (Å²) in [6, 6.07) is 7.14. The van der Waals surface area contributed by atoms with Gasteiger partial charge < -0.3 is 4.42 Å². The average molecular weight is 385 g/mol. The summed E-state index contributed by atoms with van der Waals surface area (Å²) >= 11 is 12.5. The highest BCUT2D eigenvalue weighted by atomic mass is 35.5. The van der Waals surface area contributed by atoms with Gasteiger partial charge in [0.15, 0.2) is 0 Å². The minimum absolute atomic E-state index is 0.117. The molecular formula is C13H6Cl2N4O4S. The average Bonchev–Trinajstić information content (AvgIpc) is 3.15. The molecule has 0 atom stereocenters. The highest BCUT2D eigenvalue weighted by molar-refractivity contribution is 7.17. The van der Waals surface area contributed by atoms with Crippen LogP contribution >= 0.6 is 34.5 Å². The number of aromatic nitrogens is 2. The van der Waals surface area contributed by atoms with E-state index in [1.807, 2.05) is 0 Å². The molecule has 1 aromatic carbocycles. The Morgan fingerprint density at radius 3 is 2.54 bits per heavy atom. The zero-order chi connectivity index (χ0) is 17.3. The summed E-state index contributed by atoms with van der Waals surface area (Å²) in [7, 11) is 0. The fourth-order valence-electron chi connectivity index (χ4n) is 1.77. The fraction of sp³-hybridized carbons (Fsp3) is 0. The maximum Gasteiger partial charge on any atom is 0.324 e. The number of carbonyl (C=O) groups is 1. The van der Waals surface area contributed by atoms with Gasteiger partial charge in [-0.15, -0.1) is 5.10 Å². The molecule has 0 bridgehead atoms. The van der Waals surface area contributed by atoms with Gasteiger partial charge in [-0.1, -0.05) is 39.6 Å². The molecular weight excluding hydrogens is 379 g/mol. The van der Waals surface area contributed by atoms with Crippen LogP contribution in [0.3, 0.4) is 0 Å². The lowest BCUT2D eigenvalue weighted by Crippen LogP contribution is -2.10. The lowest BCUT2D eigenvalue weighted by Gasteiger charge is -1.98. The van der Waals surface area contributed by atoms with Crippen molar-refractivity contribution in [1.29, 1.82) is 0 Å². The number of thiophene rings is 1. The number of hydrogen-bond donors (Lipinski definition) is 1. The van der Waals surface area contributed by atoms with Gasteiger partial charge in [0.2, 0.25) is 5.89 Å². The first-order valence-electron chi connectivity index (χ1n) is 6.28. The van der Waals surface area contributed by atoms with E-state index in [-0.39, 0.29) is 21.8 Å². The predicted octanol–water partition coefficient (Wildman–Crippen LogP) is 4.27. The Balaban J connectivity index is 1.78. The largest absolute Gasteiger partial charge is 0.403 e. The third-order valence-corrected chi connectivity index (χ3v) is 4.22. The van der Waals surface area contributed by atoms with Gasteiger partial charge in [-0.25, -0.2) is 0 Å². The van der Waals surface area contributed by atoms with E-state index in [1.165, 1.54) is 12.1 Å². The summed E-state index contributed by atoms with van der Waals surface area (Å²) in [5.74, 6) is -0.473. The molecule has 24 heavy (non-hydrogen) atoms. The quantitative estimate of drug-likeness (QED) is 0.530. The number of anilines is 1. The first-order valence-corrected chi connectivity index (χ1v) is 7.85. The van der Waals surface area contributed by atoms with Gasteiger partial charge in [0.1, 0.15) is 0 Å². The molecule has 0 saturated heterocycles. The molecule has 0 unspecified atom stereocenters. The van der Waals surface area contributed by atoms with E-state index in [1.54, 1.807) is 18.2 Å². The number of amides is 1. The van der Waals surface area contributed by atoms with Crippen molar-refractivity contribution in [2.24, 2.45) is 0 Å². The standard InChI is InChI=1S/C13H6Cl2N4O4S/c14-7-3-6(4-8(15)5-7)12-17-18-13(23-12)16-11(20)9-1-2-10(24-9)19(21)22/h1-5H,(H,16,18,20).